The first-order valence-electron chi connectivity index (χ1n) is 12.4. The van der Waals surface area contributed by atoms with Gasteiger partial charge in [-0.1, -0.05) is 43.5 Å². The van der Waals surface area contributed by atoms with Crippen molar-refractivity contribution in [1.29, 1.82) is 5.41 Å². The Kier molecular flexibility index (Phi) is 9.29. The van der Waals surface area contributed by atoms with E-state index in [1.807, 2.05) is 24.3 Å². The molecule has 2 aromatic rings. The second kappa shape index (κ2) is 12.2. The van der Waals surface area contributed by atoms with E-state index in [1.54, 1.807) is 24.3 Å². The predicted octanol–water partition coefficient (Wildman–Crippen LogP) is 2.61. The molecule has 10 heteroatoms. The van der Waals surface area contributed by atoms with Gasteiger partial charge in [-0.2, -0.15) is 0 Å². The molecule has 1 atom stereocenters. The molecule has 2 aromatic carbocycles. The number of nitrogen functional groups attached to an aromatic ring is 1. The molecule has 1 saturated carbocycles. The molecule has 0 spiro atoms. The van der Waals surface area contributed by atoms with Crippen LogP contribution < -0.4 is 21.7 Å². The van der Waals surface area contributed by atoms with Gasteiger partial charge in [0.2, 0.25) is 5.91 Å². The molecule has 0 saturated heterocycles. The summed E-state index contributed by atoms with van der Waals surface area (Å²) in [5, 5.41) is 25.7. The Morgan fingerprint density at radius 1 is 1.00 bits per heavy atom. The van der Waals surface area contributed by atoms with Gasteiger partial charge >= 0.3 is 5.97 Å². The molecule has 2 aliphatic carbocycles. The minimum atomic E-state index is -1.21. The van der Waals surface area contributed by atoms with E-state index in [9.17, 15) is 19.5 Å². The molecule has 37 heavy (non-hydrogen) atoms. The number of hydrogen-bond donors (Lipinski definition) is 6. The highest BCUT2D eigenvalue weighted by atomic mass is 35.5. The maximum Gasteiger partial charge on any atom is 0.317 e. The summed E-state index contributed by atoms with van der Waals surface area (Å²) in [6, 6.07) is 13.7. The number of rotatable bonds is 9. The van der Waals surface area contributed by atoms with Gasteiger partial charge in [0.1, 0.15) is 11.4 Å². The predicted molar refractivity (Wildman–Crippen MR) is 144 cm³/mol. The smallest absolute Gasteiger partial charge is 0.317 e. The van der Waals surface area contributed by atoms with E-state index in [0.29, 0.717) is 24.1 Å². The van der Waals surface area contributed by atoms with Crippen molar-refractivity contribution >= 4 is 41.7 Å². The van der Waals surface area contributed by atoms with Crippen molar-refractivity contribution in [2.75, 3.05) is 11.9 Å². The largest absolute Gasteiger partial charge is 0.480 e. The minimum absolute atomic E-state index is 0. The fraction of sp³-hybridized carbons (Fsp3) is 0.407. The molecule has 0 radical (unpaired) electrons. The fourth-order valence-corrected chi connectivity index (χ4v) is 5.36. The van der Waals surface area contributed by atoms with Crippen LogP contribution in [0.15, 0.2) is 48.5 Å². The number of aliphatic carboxylic acids is 1. The van der Waals surface area contributed by atoms with E-state index < -0.39 is 17.6 Å². The van der Waals surface area contributed by atoms with Crippen LogP contribution in [0.1, 0.15) is 48.8 Å². The van der Waals surface area contributed by atoms with Gasteiger partial charge in [0.15, 0.2) is 0 Å². The van der Waals surface area contributed by atoms with Gasteiger partial charge in [-0.15, -0.1) is 12.4 Å². The second-order valence-corrected chi connectivity index (χ2v) is 9.79. The van der Waals surface area contributed by atoms with Crippen molar-refractivity contribution in [2.45, 2.75) is 56.5 Å². The van der Waals surface area contributed by atoms with Crippen LogP contribution in [0.5, 0.6) is 0 Å². The number of carbonyl (C=O) groups excluding carboxylic acids is 2. The summed E-state index contributed by atoms with van der Waals surface area (Å²) in [4.78, 5) is 38.6. The number of carboxylic acid groups (broad SMARTS) is 1. The van der Waals surface area contributed by atoms with Crippen molar-refractivity contribution in [2.24, 2.45) is 11.7 Å². The van der Waals surface area contributed by atoms with Gasteiger partial charge < -0.3 is 21.5 Å². The summed E-state index contributed by atoms with van der Waals surface area (Å²) in [5.41, 5.74) is 7.38. The first-order valence-corrected chi connectivity index (χ1v) is 12.4. The maximum atomic E-state index is 13.7. The number of halogens is 1. The van der Waals surface area contributed by atoms with Gasteiger partial charge in [-0.3, -0.25) is 25.1 Å². The van der Waals surface area contributed by atoms with E-state index in [-0.39, 0.29) is 42.5 Å². The lowest BCUT2D eigenvalue weighted by atomic mass is 9.82. The van der Waals surface area contributed by atoms with Crippen molar-refractivity contribution in [3.63, 3.8) is 0 Å². The maximum absolute atomic E-state index is 13.7. The first-order chi connectivity index (χ1) is 17.3. The second-order valence-electron chi connectivity index (χ2n) is 9.79. The molecule has 198 valence electrons. The number of hydrogen-bond acceptors (Lipinski definition) is 5. The van der Waals surface area contributed by atoms with Crippen LogP contribution in [0.3, 0.4) is 0 Å². The molecule has 2 amide bonds. The lowest BCUT2D eigenvalue weighted by Gasteiger charge is -2.35. The summed E-state index contributed by atoms with van der Waals surface area (Å²) >= 11 is 0. The highest BCUT2D eigenvalue weighted by Crippen LogP contribution is 2.33. The van der Waals surface area contributed by atoms with E-state index in [4.69, 9.17) is 11.1 Å². The summed E-state index contributed by atoms with van der Waals surface area (Å²) in [7, 11) is 0. The molecule has 4 rings (SSSR count). The van der Waals surface area contributed by atoms with E-state index >= 15 is 0 Å². The number of carboxylic acids is 1. The Morgan fingerprint density at radius 3 is 2.14 bits per heavy atom. The van der Waals surface area contributed by atoms with Gasteiger partial charge in [0.25, 0.3) is 5.91 Å². The highest BCUT2D eigenvalue weighted by molar-refractivity contribution is 6.03. The molecular formula is C27H34ClN5O4. The summed E-state index contributed by atoms with van der Waals surface area (Å²) in [5.74, 6) is -1.77. The number of carbonyl (C=O) groups is 3. The zero-order chi connectivity index (χ0) is 25.7. The van der Waals surface area contributed by atoms with E-state index in [2.05, 4.69) is 16.0 Å². The minimum Gasteiger partial charge on any atom is -0.480 e. The molecule has 0 bridgehead atoms. The van der Waals surface area contributed by atoms with Gasteiger partial charge in [-0.05, 0) is 54.2 Å². The number of fused-ring (bicyclic) bond motifs is 1. The SMILES string of the molecule is Cl.N=C(N)c1ccc(NC(=O)C2(NC(=O)[C@H](NCC(=O)O)C3CCCCC3)Cc3ccccc3C2)cc1. The molecule has 0 aliphatic heterocycles. The number of amides is 2. The molecule has 0 heterocycles. The van der Waals surface area contributed by atoms with E-state index in [1.165, 1.54) is 0 Å². The van der Waals surface area contributed by atoms with Gasteiger partial charge in [-0.25, -0.2) is 0 Å². The Hall–Kier alpha value is -3.43. The van der Waals surface area contributed by atoms with Crippen molar-refractivity contribution in [1.82, 2.24) is 10.6 Å². The highest BCUT2D eigenvalue weighted by Gasteiger charge is 2.46. The average Bonchev–Trinajstić information content (AvgIpc) is 3.24. The first kappa shape index (κ1) is 28.1. The third-order valence-corrected chi connectivity index (χ3v) is 7.23. The van der Waals surface area contributed by atoms with Crippen molar-refractivity contribution in [3.8, 4) is 0 Å². The van der Waals surface area contributed by atoms with Gasteiger partial charge in [0.05, 0.1) is 12.6 Å². The normalized spacial score (nSPS) is 17.1. The monoisotopic (exact) mass is 527 g/mol. The Bertz CT molecular complexity index is 1120. The van der Waals surface area contributed by atoms with Crippen LogP contribution in [-0.2, 0) is 27.2 Å². The Balaban J connectivity index is 0.00000380. The number of nitrogens with one attached hydrogen (secondary N) is 4. The fourth-order valence-electron chi connectivity index (χ4n) is 5.36. The standard InChI is InChI=1S/C27H33N5O4.ClH/c28-24(29)18-10-12-21(13-11-18)31-26(36)27(14-19-8-4-5-9-20(19)15-27)32-25(35)23(30-16-22(33)34)17-6-2-1-3-7-17;/h4-5,8-13,17,23,30H,1-3,6-7,14-16H2,(H3,28,29)(H,31,36)(H,32,35)(H,33,34);1H/t23-;/m1./s1. The zero-order valence-corrected chi connectivity index (χ0v) is 21.4. The third kappa shape index (κ3) is 6.67. The molecule has 7 N–H and O–H groups in total. The number of benzene rings is 2. The summed E-state index contributed by atoms with van der Waals surface area (Å²) in [6.07, 6.45) is 5.45. The topological polar surface area (TPSA) is 157 Å². The zero-order valence-electron chi connectivity index (χ0n) is 20.6. The Morgan fingerprint density at radius 2 is 1.59 bits per heavy atom. The lowest BCUT2D eigenvalue weighted by Crippen LogP contribution is -2.62. The quantitative estimate of drug-likeness (QED) is 0.217. The van der Waals surface area contributed by atoms with Gasteiger partial charge in [0, 0.05) is 24.1 Å². The number of amidine groups is 1. The molecule has 1 fully saturated rings. The van der Waals surface area contributed by atoms with Crippen LogP contribution in [-0.4, -0.2) is 46.9 Å². The number of anilines is 1. The molecule has 9 nitrogen and oxygen atoms in total. The summed E-state index contributed by atoms with van der Waals surface area (Å²) in [6.45, 7) is -0.323. The van der Waals surface area contributed by atoms with Crippen LogP contribution in [0.2, 0.25) is 0 Å². The van der Waals surface area contributed by atoms with Crippen LogP contribution >= 0.6 is 12.4 Å². The average molecular weight is 528 g/mol. The van der Waals surface area contributed by atoms with Crippen LogP contribution in [0.25, 0.3) is 0 Å². The van der Waals surface area contributed by atoms with Crippen LogP contribution in [0.4, 0.5) is 5.69 Å². The van der Waals surface area contributed by atoms with Crippen molar-refractivity contribution < 1.29 is 19.5 Å². The molecular weight excluding hydrogens is 494 g/mol. The van der Waals surface area contributed by atoms with E-state index in [0.717, 1.165) is 43.2 Å². The molecule has 0 unspecified atom stereocenters. The third-order valence-electron chi connectivity index (χ3n) is 7.23. The molecule has 0 aromatic heterocycles. The van der Waals surface area contributed by atoms with Crippen molar-refractivity contribution in [3.05, 3.63) is 65.2 Å². The van der Waals surface area contributed by atoms with Crippen LogP contribution in [0, 0.1) is 11.3 Å². The molecule has 2 aliphatic rings. The number of nitrogens with two attached hydrogens (primary N) is 1. The lowest BCUT2D eigenvalue weighted by molar-refractivity contribution is -0.137. The summed E-state index contributed by atoms with van der Waals surface area (Å²) < 4.78 is 0. The Labute approximate surface area is 222 Å².